The SMILES string of the molecule is CCC1(C)NC(c2ccccc2F)N(C(C)C2CC2)C1=O. The maximum Gasteiger partial charge on any atom is 0.244 e. The molecule has 3 rings (SSSR count). The summed E-state index contributed by atoms with van der Waals surface area (Å²) >= 11 is 0. The molecule has 3 unspecified atom stereocenters. The highest BCUT2D eigenvalue weighted by Gasteiger charge is 2.51. The van der Waals surface area contributed by atoms with Gasteiger partial charge in [0.05, 0.1) is 5.54 Å². The quantitative estimate of drug-likeness (QED) is 0.923. The van der Waals surface area contributed by atoms with Crippen LogP contribution in [-0.4, -0.2) is 22.4 Å². The van der Waals surface area contributed by atoms with Gasteiger partial charge in [0, 0.05) is 11.6 Å². The van der Waals surface area contributed by atoms with Crippen LogP contribution in [0, 0.1) is 11.7 Å². The number of rotatable bonds is 4. The highest BCUT2D eigenvalue weighted by molar-refractivity contribution is 5.89. The maximum absolute atomic E-state index is 14.2. The first-order valence-electron chi connectivity index (χ1n) is 7.83. The van der Waals surface area contributed by atoms with Crippen LogP contribution in [0.5, 0.6) is 0 Å². The minimum atomic E-state index is -0.601. The zero-order valence-corrected chi connectivity index (χ0v) is 12.9. The first-order valence-corrected chi connectivity index (χ1v) is 7.83. The van der Waals surface area contributed by atoms with Gasteiger partial charge in [-0.2, -0.15) is 0 Å². The second-order valence-electron chi connectivity index (χ2n) is 6.54. The molecule has 1 aromatic carbocycles. The van der Waals surface area contributed by atoms with Crippen LogP contribution >= 0.6 is 0 Å². The molecule has 0 radical (unpaired) electrons. The Morgan fingerprint density at radius 3 is 2.67 bits per heavy atom. The number of benzene rings is 1. The molecule has 2 fully saturated rings. The van der Waals surface area contributed by atoms with E-state index in [1.807, 2.05) is 24.8 Å². The van der Waals surface area contributed by atoms with Gasteiger partial charge in [0.2, 0.25) is 5.91 Å². The Hall–Kier alpha value is -1.42. The molecule has 3 atom stereocenters. The molecule has 1 amide bonds. The van der Waals surface area contributed by atoms with Gasteiger partial charge in [-0.3, -0.25) is 10.1 Å². The zero-order chi connectivity index (χ0) is 15.2. The van der Waals surface area contributed by atoms with Gasteiger partial charge in [-0.05, 0) is 45.1 Å². The van der Waals surface area contributed by atoms with Crippen LogP contribution < -0.4 is 5.32 Å². The van der Waals surface area contributed by atoms with Crippen molar-refractivity contribution in [3.8, 4) is 0 Å². The Morgan fingerprint density at radius 2 is 2.10 bits per heavy atom. The number of halogens is 1. The van der Waals surface area contributed by atoms with E-state index in [-0.39, 0.29) is 23.9 Å². The van der Waals surface area contributed by atoms with Crippen LogP contribution in [0.3, 0.4) is 0 Å². The third-order valence-electron chi connectivity index (χ3n) is 5.09. The van der Waals surface area contributed by atoms with Crippen molar-refractivity contribution in [3.05, 3.63) is 35.6 Å². The van der Waals surface area contributed by atoms with E-state index >= 15 is 0 Å². The van der Waals surface area contributed by atoms with Gasteiger partial charge in [-0.1, -0.05) is 25.1 Å². The van der Waals surface area contributed by atoms with Crippen molar-refractivity contribution < 1.29 is 9.18 Å². The minimum Gasteiger partial charge on any atom is -0.318 e. The predicted molar refractivity (Wildman–Crippen MR) is 80.0 cm³/mol. The van der Waals surface area contributed by atoms with E-state index in [1.165, 1.54) is 6.07 Å². The Kier molecular flexibility index (Phi) is 3.52. The van der Waals surface area contributed by atoms with Crippen molar-refractivity contribution in [2.75, 3.05) is 0 Å². The largest absolute Gasteiger partial charge is 0.318 e. The topological polar surface area (TPSA) is 32.3 Å². The van der Waals surface area contributed by atoms with Crippen LogP contribution in [0.1, 0.15) is 51.8 Å². The number of nitrogens with one attached hydrogen (secondary N) is 1. The first-order chi connectivity index (χ1) is 9.98. The van der Waals surface area contributed by atoms with Crippen LogP contribution in [0.4, 0.5) is 4.39 Å². The molecule has 2 aliphatic rings. The Bertz CT molecular complexity index is 557. The van der Waals surface area contributed by atoms with Gasteiger partial charge >= 0.3 is 0 Å². The second kappa shape index (κ2) is 5.09. The lowest BCUT2D eigenvalue weighted by Gasteiger charge is -2.31. The van der Waals surface area contributed by atoms with Gasteiger partial charge in [0.1, 0.15) is 12.0 Å². The van der Waals surface area contributed by atoms with Crippen LogP contribution in [0.2, 0.25) is 0 Å². The molecule has 1 saturated carbocycles. The Morgan fingerprint density at radius 1 is 1.43 bits per heavy atom. The fraction of sp³-hybridized carbons (Fsp3) is 0.588. The minimum absolute atomic E-state index is 0.0950. The average molecular weight is 290 g/mol. The van der Waals surface area contributed by atoms with Crippen molar-refractivity contribution in [1.29, 1.82) is 0 Å². The number of nitrogens with zero attached hydrogens (tertiary/aromatic N) is 1. The Balaban J connectivity index is 2.00. The summed E-state index contributed by atoms with van der Waals surface area (Å²) in [7, 11) is 0. The average Bonchev–Trinajstić information content (AvgIpc) is 3.27. The molecule has 1 aliphatic heterocycles. The van der Waals surface area contributed by atoms with Crippen molar-refractivity contribution in [1.82, 2.24) is 10.2 Å². The molecule has 4 heteroatoms. The number of carbonyl (C=O) groups excluding carboxylic acids is 1. The van der Waals surface area contributed by atoms with Crippen molar-refractivity contribution >= 4 is 5.91 Å². The zero-order valence-electron chi connectivity index (χ0n) is 12.9. The summed E-state index contributed by atoms with van der Waals surface area (Å²) in [6.45, 7) is 6.00. The summed E-state index contributed by atoms with van der Waals surface area (Å²) in [5.74, 6) is 0.401. The van der Waals surface area contributed by atoms with Crippen LogP contribution in [0.15, 0.2) is 24.3 Å². The first kappa shape index (κ1) is 14.5. The van der Waals surface area contributed by atoms with E-state index in [0.29, 0.717) is 17.9 Å². The lowest BCUT2D eigenvalue weighted by Crippen LogP contribution is -2.44. The molecule has 0 spiro atoms. The van der Waals surface area contributed by atoms with E-state index in [2.05, 4.69) is 12.2 Å². The van der Waals surface area contributed by atoms with Crippen LogP contribution in [0.25, 0.3) is 0 Å². The summed E-state index contributed by atoms with van der Waals surface area (Å²) in [4.78, 5) is 14.7. The number of hydrogen-bond acceptors (Lipinski definition) is 2. The van der Waals surface area contributed by atoms with Gasteiger partial charge in [-0.25, -0.2) is 4.39 Å². The molecule has 1 aromatic rings. The van der Waals surface area contributed by atoms with Crippen LogP contribution in [-0.2, 0) is 4.79 Å². The third-order valence-corrected chi connectivity index (χ3v) is 5.09. The van der Waals surface area contributed by atoms with E-state index < -0.39 is 5.54 Å². The van der Waals surface area contributed by atoms with Gasteiger partial charge in [0.15, 0.2) is 0 Å². The van der Waals surface area contributed by atoms with Crippen molar-refractivity contribution in [3.63, 3.8) is 0 Å². The summed E-state index contributed by atoms with van der Waals surface area (Å²) < 4.78 is 14.2. The highest BCUT2D eigenvalue weighted by atomic mass is 19.1. The predicted octanol–water partition coefficient (Wildman–Crippen LogP) is 3.22. The molecule has 21 heavy (non-hydrogen) atoms. The third kappa shape index (κ3) is 2.35. The molecule has 1 saturated heterocycles. The monoisotopic (exact) mass is 290 g/mol. The highest BCUT2D eigenvalue weighted by Crippen LogP contribution is 2.42. The summed E-state index contributed by atoms with van der Waals surface area (Å²) in [5.41, 5.74) is -0.0358. The van der Waals surface area contributed by atoms with Gasteiger partial charge in [-0.15, -0.1) is 0 Å². The Labute approximate surface area is 125 Å². The summed E-state index contributed by atoms with van der Waals surface area (Å²) in [6.07, 6.45) is 2.67. The lowest BCUT2D eigenvalue weighted by atomic mass is 9.99. The number of amides is 1. The smallest absolute Gasteiger partial charge is 0.244 e. The molecule has 1 aliphatic carbocycles. The molecule has 0 aromatic heterocycles. The number of hydrogen-bond donors (Lipinski definition) is 1. The molecule has 114 valence electrons. The van der Waals surface area contributed by atoms with E-state index in [4.69, 9.17) is 0 Å². The van der Waals surface area contributed by atoms with Crippen molar-refractivity contribution in [2.45, 2.75) is 57.8 Å². The summed E-state index contributed by atoms with van der Waals surface area (Å²) in [5, 5.41) is 3.37. The summed E-state index contributed by atoms with van der Waals surface area (Å²) in [6, 6.07) is 6.90. The molecular weight excluding hydrogens is 267 g/mol. The van der Waals surface area contributed by atoms with E-state index in [0.717, 1.165) is 12.8 Å². The van der Waals surface area contributed by atoms with Gasteiger partial charge in [0.25, 0.3) is 0 Å². The fourth-order valence-electron chi connectivity index (χ4n) is 3.24. The molecule has 1 N–H and O–H groups in total. The maximum atomic E-state index is 14.2. The standard InChI is InChI=1S/C17H23FN2O/c1-4-17(3)16(21)20(11(2)12-9-10-12)15(19-17)13-7-5-6-8-14(13)18/h5-8,11-12,15,19H,4,9-10H2,1-3H3. The molecule has 0 bridgehead atoms. The second-order valence-corrected chi connectivity index (χ2v) is 6.54. The number of carbonyl (C=O) groups is 1. The van der Waals surface area contributed by atoms with Gasteiger partial charge < -0.3 is 4.90 Å². The van der Waals surface area contributed by atoms with E-state index in [9.17, 15) is 9.18 Å². The molecule has 1 heterocycles. The van der Waals surface area contributed by atoms with E-state index in [1.54, 1.807) is 12.1 Å². The normalized spacial score (nSPS) is 30.8. The fourth-order valence-corrected chi connectivity index (χ4v) is 3.24. The lowest BCUT2D eigenvalue weighted by molar-refractivity contribution is -0.135. The molecular formula is C17H23FN2O. The molecule has 3 nitrogen and oxygen atoms in total. The van der Waals surface area contributed by atoms with Crippen molar-refractivity contribution in [2.24, 2.45) is 5.92 Å².